The van der Waals surface area contributed by atoms with Gasteiger partial charge in [0.25, 0.3) is 0 Å². The number of rotatable bonds is 1. The molecule has 1 atom stereocenters. The molecule has 1 aliphatic carbocycles. The maximum Gasteiger partial charge on any atom is 0.0354 e. The van der Waals surface area contributed by atoms with E-state index in [1.165, 1.54) is 38.8 Å². The van der Waals surface area contributed by atoms with Crippen LogP contribution in [0, 0.1) is 5.92 Å². The van der Waals surface area contributed by atoms with E-state index in [1.807, 2.05) is 0 Å². The summed E-state index contributed by atoms with van der Waals surface area (Å²) in [6.07, 6.45) is 5.40. The molecular weight excluding hydrogens is 194 g/mol. The molecule has 3 rings (SSSR count). The van der Waals surface area contributed by atoms with E-state index in [4.69, 9.17) is 0 Å². The van der Waals surface area contributed by atoms with Crippen LogP contribution in [0.3, 0.4) is 0 Å². The fraction of sp³-hybridized carbons (Fsp3) is 0.600. The van der Waals surface area contributed by atoms with Crippen LogP contribution in [0.25, 0.3) is 0 Å². The SMILES string of the molecule is CC1CCN(C2CCc3ccccc32)CC1. The van der Waals surface area contributed by atoms with E-state index in [1.54, 1.807) is 11.1 Å². The first-order valence-electron chi connectivity index (χ1n) is 6.66. The van der Waals surface area contributed by atoms with Gasteiger partial charge in [0, 0.05) is 6.04 Å². The number of nitrogens with zero attached hydrogens (tertiary/aromatic N) is 1. The molecule has 86 valence electrons. The summed E-state index contributed by atoms with van der Waals surface area (Å²) in [5, 5.41) is 0. The molecule has 0 saturated carbocycles. The summed E-state index contributed by atoms with van der Waals surface area (Å²) in [4.78, 5) is 2.71. The second-order valence-electron chi connectivity index (χ2n) is 5.47. The molecule has 16 heavy (non-hydrogen) atoms. The number of likely N-dealkylation sites (tertiary alicyclic amines) is 1. The van der Waals surface area contributed by atoms with Crippen molar-refractivity contribution in [1.29, 1.82) is 0 Å². The van der Waals surface area contributed by atoms with Crippen LogP contribution in [0.1, 0.15) is 43.4 Å². The van der Waals surface area contributed by atoms with Gasteiger partial charge in [0.05, 0.1) is 0 Å². The molecule has 1 aromatic carbocycles. The molecule has 0 N–H and O–H groups in total. The van der Waals surface area contributed by atoms with Crippen molar-refractivity contribution in [2.45, 2.75) is 38.6 Å². The molecule has 0 aromatic heterocycles. The van der Waals surface area contributed by atoms with E-state index in [-0.39, 0.29) is 0 Å². The number of benzene rings is 1. The Labute approximate surface area is 98.5 Å². The molecule has 0 spiro atoms. The van der Waals surface area contributed by atoms with Crippen molar-refractivity contribution in [2.24, 2.45) is 5.92 Å². The van der Waals surface area contributed by atoms with Crippen molar-refractivity contribution in [3.63, 3.8) is 0 Å². The fourth-order valence-electron chi connectivity index (χ4n) is 3.25. The van der Waals surface area contributed by atoms with E-state index >= 15 is 0 Å². The van der Waals surface area contributed by atoms with Crippen molar-refractivity contribution in [1.82, 2.24) is 4.90 Å². The average molecular weight is 215 g/mol. The lowest BCUT2D eigenvalue weighted by Crippen LogP contribution is -2.35. The van der Waals surface area contributed by atoms with Gasteiger partial charge in [-0.2, -0.15) is 0 Å². The van der Waals surface area contributed by atoms with Crippen LogP contribution in [-0.4, -0.2) is 18.0 Å². The third-order valence-corrected chi connectivity index (χ3v) is 4.36. The van der Waals surface area contributed by atoms with Crippen molar-refractivity contribution >= 4 is 0 Å². The third kappa shape index (κ3) is 1.78. The summed E-state index contributed by atoms with van der Waals surface area (Å²) in [5.74, 6) is 0.938. The molecular formula is C15H21N. The standard InChI is InChI=1S/C15H21N/c1-12-8-10-16(11-9-12)15-7-6-13-4-2-3-5-14(13)15/h2-5,12,15H,6-11H2,1H3. The second kappa shape index (κ2) is 4.21. The zero-order valence-electron chi connectivity index (χ0n) is 10.2. The summed E-state index contributed by atoms with van der Waals surface area (Å²) < 4.78 is 0. The van der Waals surface area contributed by atoms with Gasteiger partial charge in [0.15, 0.2) is 0 Å². The highest BCUT2D eigenvalue weighted by Gasteiger charge is 2.29. The topological polar surface area (TPSA) is 3.24 Å². The van der Waals surface area contributed by atoms with E-state index in [0.717, 1.165) is 12.0 Å². The van der Waals surface area contributed by atoms with Gasteiger partial charge in [-0.3, -0.25) is 4.90 Å². The predicted molar refractivity (Wildman–Crippen MR) is 67.5 cm³/mol. The Morgan fingerprint density at radius 2 is 1.81 bits per heavy atom. The zero-order valence-corrected chi connectivity index (χ0v) is 10.2. The molecule has 1 aromatic rings. The highest BCUT2D eigenvalue weighted by Crippen LogP contribution is 2.37. The van der Waals surface area contributed by atoms with Gasteiger partial charge in [-0.25, -0.2) is 0 Å². The molecule has 0 radical (unpaired) electrons. The van der Waals surface area contributed by atoms with Gasteiger partial charge in [-0.15, -0.1) is 0 Å². The lowest BCUT2D eigenvalue weighted by molar-refractivity contribution is 0.137. The van der Waals surface area contributed by atoms with Gasteiger partial charge in [0.1, 0.15) is 0 Å². The van der Waals surface area contributed by atoms with E-state index in [2.05, 4.69) is 36.1 Å². The Morgan fingerprint density at radius 3 is 2.62 bits per heavy atom. The Hall–Kier alpha value is -0.820. The van der Waals surface area contributed by atoms with Crippen LogP contribution in [0.2, 0.25) is 0 Å². The molecule has 0 bridgehead atoms. The number of fused-ring (bicyclic) bond motifs is 1. The Balaban J connectivity index is 1.77. The van der Waals surface area contributed by atoms with Crippen LogP contribution in [0.15, 0.2) is 24.3 Å². The summed E-state index contributed by atoms with van der Waals surface area (Å²) in [7, 11) is 0. The first kappa shape index (κ1) is 10.3. The molecule has 1 aliphatic heterocycles. The number of piperidine rings is 1. The maximum absolute atomic E-state index is 2.71. The van der Waals surface area contributed by atoms with Gasteiger partial charge in [0.2, 0.25) is 0 Å². The largest absolute Gasteiger partial charge is 0.296 e. The van der Waals surface area contributed by atoms with Gasteiger partial charge in [-0.05, 0) is 55.8 Å². The van der Waals surface area contributed by atoms with Crippen molar-refractivity contribution < 1.29 is 0 Å². The fourth-order valence-corrected chi connectivity index (χ4v) is 3.25. The van der Waals surface area contributed by atoms with E-state index in [0.29, 0.717) is 0 Å². The average Bonchev–Trinajstić information content (AvgIpc) is 2.74. The predicted octanol–water partition coefficient (Wildman–Crippen LogP) is 3.41. The highest BCUT2D eigenvalue weighted by atomic mass is 15.2. The molecule has 1 heterocycles. The molecule has 2 aliphatic rings. The maximum atomic E-state index is 2.71. The Bertz CT molecular complexity index is 363. The second-order valence-corrected chi connectivity index (χ2v) is 5.47. The van der Waals surface area contributed by atoms with Crippen LogP contribution in [0.5, 0.6) is 0 Å². The molecule has 1 fully saturated rings. The van der Waals surface area contributed by atoms with Crippen molar-refractivity contribution in [3.05, 3.63) is 35.4 Å². The zero-order chi connectivity index (χ0) is 11.0. The number of hydrogen-bond acceptors (Lipinski definition) is 1. The van der Waals surface area contributed by atoms with E-state index < -0.39 is 0 Å². The molecule has 1 nitrogen and oxygen atoms in total. The van der Waals surface area contributed by atoms with Gasteiger partial charge >= 0.3 is 0 Å². The summed E-state index contributed by atoms with van der Waals surface area (Å²) >= 11 is 0. The summed E-state index contributed by atoms with van der Waals surface area (Å²) in [6, 6.07) is 9.75. The summed E-state index contributed by atoms with van der Waals surface area (Å²) in [6.45, 7) is 5.00. The smallest absolute Gasteiger partial charge is 0.0354 e. The minimum atomic E-state index is 0.726. The van der Waals surface area contributed by atoms with Crippen molar-refractivity contribution in [2.75, 3.05) is 13.1 Å². The number of hydrogen-bond donors (Lipinski definition) is 0. The summed E-state index contributed by atoms with van der Waals surface area (Å²) in [5.41, 5.74) is 3.20. The lowest BCUT2D eigenvalue weighted by Gasteiger charge is -2.35. The van der Waals surface area contributed by atoms with E-state index in [9.17, 15) is 0 Å². The first-order valence-corrected chi connectivity index (χ1v) is 6.66. The van der Waals surface area contributed by atoms with Crippen LogP contribution >= 0.6 is 0 Å². The third-order valence-electron chi connectivity index (χ3n) is 4.36. The molecule has 1 heteroatoms. The lowest BCUT2D eigenvalue weighted by atomic mass is 9.96. The van der Waals surface area contributed by atoms with Crippen molar-refractivity contribution in [3.8, 4) is 0 Å². The minimum absolute atomic E-state index is 0.726. The van der Waals surface area contributed by atoms with Gasteiger partial charge in [-0.1, -0.05) is 31.2 Å². The Morgan fingerprint density at radius 1 is 1.06 bits per heavy atom. The monoisotopic (exact) mass is 215 g/mol. The molecule has 0 amide bonds. The van der Waals surface area contributed by atoms with Crippen LogP contribution in [-0.2, 0) is 6.42 Å². The highest BCUT2D eigenvalue weighted by molar-refractivity contribution is 5.34. The normalized spacial score (nSPS) is 26.9. The van der Waals surface area contributed by atoms with Crippen LogP contribution in [0.4, 0.5) is 0 Å². The van der Waals surface area contributed by atoms with Gasteiger partial charge < -0.3 is 0 Å². The minimum Gasteiger partial charge on any atom is -0.296 e. The van der Waals surface area contributed by atoms with Crippen LogP contribution < -0.4 is 0 Å². The molecule has 1 unspecified atom stereocenters. The number of aryl methyl sites for hydroxylation is 1. The molecule has 1 saturated heterocycles. The quantitative estimate of drug-likeness (QED) is 0.694. The Kier molecular flexibility index (Phi) is 2.72. The first-order chi connectivity index (χ1) is 7.84.